The van der Waals surface area contributed by atoms with Crippen LogP contribution in [0.2, 0.25) is 0 Å². The minimum Gasteiger partial charge on any atom is -0.465 e. The van der Waals surface area contributed by atoms with E-state index in [1.807, 2.05) is 79.2 Å². The Morgan fingerprint density at radius 2 is 1.68 bits per heavy atom. The van der Waals surface area contributed by atoms with Gasteiger partial charge in [-0.25, -0.2) is 4.79 Å². The van der Waals surface area contributed by atoms with E-state index in [0.717, 1.165) is 22.4 Å². The molecule has 3 aromatic rings. The van der Waals surface area contributed by atoms with Crippen LogP contribution in [0.3, 0.4) is 0 Å². The second-order valence-electron chi connectivity index (χ2n) is 6.12. The van der Waals surface area contributed by atoms with Gasteiger partial charge in [0.25, 0.3) is 0 Å². The number of hydrogen-bond donors (Lipinski definition) is 1. The first-order chi connectivity index (χ1) is 12.0. The number of methoxy groups -OCH3 is 1. The van der Waals surface area contributed by atoms with Crippen molar-refractivity contribution in [1.82, 2.24) is 4.57 Å². The van der Waals surface area contributed by atoms with Crippen LogP contribution < -0.4 is 5.73 Å². The van der Waals surface area contributed by atoms with Crippen molar-refractivity contribution in [3.63, 3.8) is 0 Å². The van der Waals surface area contributed by atoms with Gasteiger partial charge >= 0.3 is 5.97 Å². The highest BCUT2D eigenvalue weighted by atomic mass is 16.5. The van der Waals surface area contributed by atoms with Crippen LogP contribution >= 0.6 is 0 Å². The van der Waals surface area contributed by atoms with Crippen LogP contribution in [0.4, 0.5) is 0 Å². The van der Waals surface area contributed by atoms with Gasteiger partial charge in [-0.3, -0.25) is 0 Å². The molecule has 1 atom stereocenters. The van der Waals surface area contributed by atoms with E-state index in [-0.39, 0.29) is 12.1 Å². The highest BCUT2D eigenvalue weighted by Crippen LogP contribution is 2.31. The van der Waals surface area contributed by atoms with E-state index < -0.39 is 0 Å². The molecule has 0 amide bonds. The molecule has 0 aliphatic heterocycles. The van der Waals surface area contributed by atoms with Gasteiger partial charge in [-0.2, -0.15) is 0 Å². The molecule has 0 unspecified atom stereocenters. The molecule has 0 radical (unpaired) electrons. The zero-order chi connectivity index (χ0) is 18.0. The van der Waals surface area contributed by atoms with Crippen molar-refractivity contribution in [1.29, 1.82) is 0 Å². The second-order valence-corrected chi connectivity index (χ2v) is 6.12. The number of rotatable bonds is 4. The van der Waals surface area contributed by atoms with Crippen molar-refractivity contribution in [2.45, 2.75) is 20.0 Å². The molecule has 25 heavy (non-hydrogen) atoms. The molecule has 0 spiro atoms. The fourth-order valence-corrected chi connectivity index (χ4v) is 3.04. The molecule has 1 aromatic heterocycles. The third kappa shape index (κ3) is 3.21. The Labute approximate surface area is 147 Å². The highest BCUT2D eigenvalue weighted by molar-refractivity contribution is 5.98. The third-order valence-electron chi connectivity index (χ3n) is 4.48. The molecule has 2 N–H and O–H groups in total. The first kappa shape index (κ1) is 17.0. The number of nitrogens with zero attached hydrogens (tertiary/aromatic N) is 1. The number of esters is 1. The van der Waals surface area contributed by atoms with Gasteiger partial charge in [0, 0.05) is 17.5 Å². The summed E-state index contributed by atoms with van der Waals surface area (Å²) >= 11 is 0. The molecule has 0 saturated carbocycles. The monoisotopic (exact) mass is 334 g/mol. The molecule has 4 nitrogen and oxygen atoms in total. The fourth-order valence-electron chi connectivity index (χ4n) is 3.04. The zero-order valence-corrected chi connectivity index (χ0v) is 14.7. The van der Waals surface area contributed by atoms with Gasteiger partial charge in [0.2, 0.25) is 0 Å². The first-order valence-corrected chi connectivity index (χ1v) is 8.20. The molecular weight excluding hydrogens is 312 g/mol. The standard InChI is InChI=1S/C21H22N2O2/c1-14-9-11-16(12-10-14)18-13-23(15(2)19(18)21(24)25-3)20(22)17-7-5-4-6-8-17/h4-13,20H,22H2,1-3H3/t20-/m0/s1. The Hall–Kier alpha value is -2.85. The zero-order valence-electron chi connectivity index (χ0n) is 14.7. The lowest BCUT2D eigenvalue weighted by atomic mass is 10.0. The number of ether oxygens (including phenoxy) is 1. The van der Waals surface area contributed by atoms with Crippen LogP contribution in [-0.2, 0) is 4.74 Å². The fraction of sp³-hybridized carbons (Fsp3) is 0.190. The van der Waals surface area contributed by atoms with E-state index in [0.29, 0.717) is 5.56 Å². The average molecular weight is 334 g/mol. The van der Waals surface area contributed by atoms with Gasteiger partial charge in [0.1, 0.15) is 6.17 Å². The number of hydrogen-bond acceptors (Lipinski definition) is 3. The van der Waals surface area contributed by atoms with Crippen molar-refractivity contribution in [2.24, 2.45) is 5.73 Å². The summed E-state index contributed by atoms with van der Waals surface area (Å²) < 4.78 is 6.94. The van der Waals surface area contributed by atoms with E-state index in [4.69, 9.17) is 10.5 Å². The summed E-state index contributed by atoms with van der Waals surface area (Å²) in [5.74, 6) is -0.355. The normalized spacial score (nSPS) is 12.0. The smallest absolute Gasteiger partial charge is 0.340 e. The Balaban J connectivity index is 2.15. The van der Waals surface area contributed by atoms with Gasteiger partial charge in [-0.15, -0.1) is 0 Å². The lowest BCUT2D eigenvalue weighted by Crippen LogP contribution is -2.20. The number of nitrogens with two attached hydrogens (primary N) is 1. The molecule has 0 fully saturated rings. The number of benzene rings is 2. The van der Waals surface area contributed by atoms with Crippen molar-refractivity contribution < 1.29 is 9.53 Å². The maximum Gasteiger partial charge on any atom is 0.340 e. The summed E-state index contributed by atoms with van der Waals surface area (Å²) in [6.45, 7) is 3.93. The number of aryl methyl sites for hydroxylation is 1. The van der Waals surface area contributed by atoms with E-state index in [9.17, 15) is 4.79 Å². The quantitative estimate of drug-likeness (QED) is 0.732. The molecule has 4 heteroatoms. The summed E-state index contributed by atoms with van der Waals surface area (Å²) in [4.78, 5) is 12.4. The van der Waals surface area contributed by atoms with Crippen LogP contribution in [0.1, 0.15) is 33.3 Å². The van der Waals surface area contributed by atoms with Crippen LogP contribution in [-0.4, -0.2) is 17.6 Å². The van der Waals surface area contributed by atoms with Gasteiger partial charge in [0.05, 0.1) is 12.7 Å². The summed E-state index contributed by atoms with van der Waals surface area (Å²) in [7, 11) is 1.40. The van der Waals surface area contributed by atoms with Gasteiger partial charge < -0.3 is 15.0 Å². The minimum absolute atomic E-state index is 0.355. The van der Waals surface area contributed by atoms with Gasteiger partial charge in [0.15, 0.2) is 0 Å². The lowest BCUT2D eigenvalue weighted by molar-refractivity contribution is 0.0600. The molecule has 2 aromatic carbocycles. The van der Waals surface area contributed by atoms with E-state index in [1.54, 1.807) is 0 Å². The van der Waals surface area contributed by atoms with Crippen molar-refractivity contribution in [3.05, 3.63) is 83.2 Å². The second kappa shape index (κ2) is 6.95. The molecule has 0 aliphatic carbocycles. The van der Waals surface area contributed by atoms with Crippen LogP contribution in [0.5, 0.6) is 0 Å². The van der Waals surface area contributed by atoms with Crippen molar-refractivity contribution in [2.75, 3.05) is 7.11 Å². The summed E-state index contributed by atoms with van der Waals surface area (Å²) in [5, 5.41) is 0. The molecule has 0 bridgehead atoms. The topological polar surface area (TPSA) is 57.2 Å². The van der Waals surface area contributed by atoms with Gasteiger partial charge in [-0.1, -0.05) is 60.2 Å². The molecule has 0 saturated heterocycles. The van der Waals surface area contributed by atoms with Crippen molar-refractivity contribution in [3.8, 4) is 11.1 Å². The number of aromatic nitrogens is 1. The van der Waals surface area contributed by atoms with Crippen molar-refractivity contribution >= 4 is 5.97 Å². The van der Waals surface area contributed by atoms with E-state index >= 15 is 0 Å². The maximum absolute atomic E-state index is 12.4. The SMILES string of the molecule is COC(=O)c1c(-c2ccc(C)cc2)cn([C@H](N)c2ccccc2)c1C. The molecule has 0 aliphatic rings. The number of carbonyl (C=O) groups is 1. The van der Waals surface area contributed by atoms with Gasteiger partial charge in [-0.05, 0) is 25.0 Å². The maximum atomic E-state index is 12.4. The first-order valence-electron chi connectivity index (χ1n) is 8.20. The Kier molecular flexibility index (Phi) is 4.72. The van der Waals surface area contributed by atoms with Crippen LogP contribution in [0.15, 0.2) is 60.8 Å². The summed E-state index contributed by atoms with van der Waals surface area (Å²) in [6.07, 6.45) is 1.56. The van der Waals surface area contributed by atoms with E-state index in [1.165, 1.54) is 12.7 Å². The van der Waals surface area contributed by atoms with Crippen LogP contribution in [0.25, 0.3) is 11.1 Å². The molecular formula is C21H22N2O2. The average Bonchev–Trinajstić information content (AvgIpc) is 2.99. The largest absolute Gasteiger partial charge is 0.465 e. The number of carbonyl (C=O) groups excluding carboxylic acids is 1. The predicted molar refractivity (Wildman–Crippen MR) is 99.4 cm³/mol. The van der Waals surface area contributed by atoms with E-state index in [2.05, 4.69) is 0 Å². The Morgan fingerprint density at radius 1 is 1.04 bits per heavy atom. The molecule has 1 heterocycles. The predicted octanol–water partition coefficient (Wildman–Crippen LogP) is 4.06. The Bertz CT molecular complexity index is 880. The highest BCUT2D eigenvalue weighted by Gasteiger charge is 2.23. The lowest BCUT2D eigenvalue weighted by Gasteiger charge is -2.16. The molecule has 128 valence electrons. The summed E-state index contributed by atoms with van der Waals surface area (Å²) in [5.41, 5.74) is 11.7. The third-order valence-corrected chi connectivity index (χ3v) is 4.48. The molecule has 3 rings (SSSR count). The summed E-state index contributed by atoms with van der Waals surface area (Å²) in [6, 6.07) is 17.9. The Morgan fingerprint density at radius 3 is 2.28 bits per heavy atom. The van der Waals surface area contributed by atoms with Crippen LogP contribution in [0, 0.1) is 13.8 Å². The minimum atomic E-state index is -0.371.